The van der Waals surface area contributed by atoms with Crippen molar-refractivity contribution in [1.82, 2.24) is 9.97 Å². The van der Waals surface area contributed by atoms with Crippen LogP contribution in [-0.4, -0.2) is 22.8 Å². The van der Waals surface area contributed by atoms with E-state index in [0.29, 0.717) is 9.11 Å². The van der Waals surface area contributed by atoms with Crippen molar-refractivity contribution < 1.29 is 17.9 Å². The molecule has 0 saturated carbocycles. The van der Waals surface area contributed by atoms with Gasteiger partial charge in [-0.2, -0.15) is 13.2 Å². The average molecular weight is 303 g/mol. The maximum Gasteiger partial charge on any atom is 0.411 e. The van der Waals surface area contributed by atoms with Crippen molar-refractivity contribution >= 4 is 28.1 Å². The molecular weight excluding hydrogens is 297 g/mol. The van der Waals surface area contributed by atoms with Gasteiger partial charge in [-0.1, -0.05) is 12.2 Å². The van der Waals surface area contributed by atoms with Gasteiger partial charge in [-0.3, -0.25) is 0 Å². The summed E-state index contributed by atoms with van der Waals surface area (Å²) in [5.41, 5.74) is 0. The molecule has 1 N–H and O–H groups in total. The SMILES string of the molecule is FC(F)(F)COCc1ncc(Br)c(=S)[nH]1. The van der Waals surface area contributed by atoms with Crippen molar-refractivity contribution in [3.05, 3.63) is 21.1 Å². The highest BCUT2D eigenvalue weighted by molar-refractivity contribution is 9.10. The summed E-state index contributed by atoms with van der Waals surface area (Å²) in [4.78, 5) is 6.42. The zero-order chi connectivity index (χ0) is 11.5. The van der Waals surface area contributed by atoms with Crippen molar-refractivity contribution in [2.75, 3.05) is 6.61 Å². The van der Waals surface area contributed by atoms with E-state index in [1.165, 1.54) is 6.20 Å². The molecule has 0 radical (unpaired) electrons. The maximum atomic E-state index is 11.7. The quantitative estimate of drug-likeness (QED) is 0.872. The molecule has 0 bridgehead atoms. The number of hydrogen-bond donors (Lipinski definition) is 1. The van der Waals surface area contributed by atoms with Crippen LogP contribution < -0.4 is 0 Å². The molecule has 84 valence electrons. The second-order valence-electron chi connectivity index (χ2n) is 2.61. The summed E-state index contributed by atoms with van der Waals surface area (Å²) in [6.07, 6.45) is -2.92. The number of hydrogen-bond acceptors (Lipinski definition) is 3. The normalized spacial score (nSPS) is 11.7. The van der Waals surface area contributed by atoms with Crippen LogP contribution in [0.1, 0.15) is 5.82 Å². The second kappa shape index (κ2) is 5.04. The van der Waals surface area contributed by atoms with E-state index in [2.05, 4.69) is 30.6 Å². The standard InChI is InChI=1S/C7H6BrF3N2OS/c8-4-1-12-5(13-6(4)15)2-14-3-7(9,10)11/h1H,2-3H2,(H,12,13,15). The van der Waals surface area contributed by atoms with Gasteiger partial charge in [-0.25, -0.2) is 4.98 Å². The Morgan fingerprint density at radius 2 is 2.20 bits per heavy atom. The van der Waals surface area contributed by atoms with Gasteiger partial charge in [0.1, 0.15) is 23.7 Å². The molecule has 3 nitrogen and oxygen atoms in total. The molecule has 0 spiro atoms. The Morgan fingerprint density at radius 1 is 1.53 bits per heavy atom. The predicted molar refractivity (Wildman–Crippen MR) is 52.8 cm³/mol. The van der Waals surface area contributed by atoms with Gasteiger partial charge in [0, 0.05) is 6.20 Å². The molecule has 0 aliphatic heterocycles. The zero-order valence-corrected chi connectivity index (χ0v) is 9.67. The highest BCUT2D eigenvalue weighted by Crippen LogP contribution is 2.15. The largest absolute Gasteiger partial charge is 0.411 e. The molecule has 0 aliphatic carbocycles. The summed E-state index contributed by atoms with van der Waals surface area (Å²) >= 11 is 7.95. The number of halogens is 4. The van der Waals surface area contributed by atoms with Gasteiger partial charge in [0.15, 0.2) is 0 Å². The summed E-state index contributed by atoms with van der Waals surface area (Å²) in [7, 11) is 0. The van der Waals surface area contributed by atoms with Crippen molar-refractivity contribution in [3.63, 3.8) is 0 Å². The lowest BCUT2D eigenvalue weighted by Gasteiger charge is -2.06. The van der Waals surface area contributed by atoms with Crippen LogP contribution in [0.3, 0.4) is 0 Å². The fraction of sp³-hybridized carbons (Fsp3) is 0.429. The molecule has 1 aromatic heterocycles. The van der Waals surface area contributed by atoms with Crippen LogP contribution in [0, 0.1) is 4.64 Å². The minimum atomic E-state index is -4.33. The number of aromatic amines is 1. The highest BCUT2D eigenvalue weighted by atomic mass is 79.9. The van der Waals surface area contributed by atoms with E-state index in [1.807, 2.05) is 0 Å². The van der Waals surface area contributed by atoms with E-state index in [1.54, 1.807) is 0 Å². The highest BCUT2D eigenvalue weighted by Gasteiger charge is 2.27. The van der Waals surface area contributed by atoms with E-state index >= 15 is 0 Å². The van der Waals surface area contributed by atoms with Crippen LogP contribution in [0.2, 0.25) is 0 Å². The second-order valence-corrected chi connectivity index (χ2v) is 3.88. The van der Waals surface area contributed by atoms with Crippen molar-refractivity contribution in [3.8, 4) is 0 Å². The fourth-order valence-electron chi connectivity index (χ4n) is 0.753. The summed E-state index contributed by atoms with van der Waals surface area (Å²) < 4.78 is 40.5. The van der Waals surface area contributed by atoms with Gasteiger partial charge in [0.05, 0.1) is 4.47 Å². The van der Waals surface area contributed by atoms with Crippen LogP contribution in [0.15, 0.2) is 10.7 Å². The third-order valence-corrected chi connectivity index (χ3v) is 2.50. The topological polar surface area (TPSA) is 37.9 Å². The number of H-pyrrole nitrogens is 1. The summed E-state index contributed by atoms with van der Waals surface area (Å²) in [5.74, 6) is 0.257. The van der Waals surface area contributed by atoms with E-state index < -0.39 is 12.8 Å². The Morgan fingerprint density at radius 3 is 2.73 bits per heavy atom. The first-order valence-electron chi connectivity index (χ1n) is 3.76. The summed E-state index contributed by atoms with van der Waals surface area (Å²) in [6.45, 7) is -1.55. The molecular formula is C7H6BrF3N2OS. The molecule has 0 aromatic carbocycles. The number of ether oxygens (including phenoxy) is 1. The van der Waals surface area contributed by atoms with Crippen molar-refractivity contribution in [2.24, 2.45) is 0 Å². The predicted octanol–water partition coefficient (Wildman–Crippen LogP) is 2.98. The first-order chi connectivity index (χ1) is 6.88. The molecule has 1 aromatic rings. The molecule has 0 saturated heterocycles. The monoisotopic (exact) mass is 302 g/mol. The molecule has 0 atom stereocenters. The van der Waals surface area contributed by atoms with Gasteiger partial charge in [-0.05, 0) is 15.9 Å². The number of nitrogens with one attached hydrogen (secondary N) is 1. The van der Waals surface area contributed by atoms with E-state index in [9.17, 15) is 13.2 Å². The van der Waals surface area contributed by atoms with E-state index in [4.69, 9.17) is 12.2 Å². The van der Waals surface area contributed by atoms with Gasteiger partial charge in [0.2, 0.25) is 0 Å². The summed E-state index contributed by atoms with van der Waals surface area (Å²) in [5, 5.41) is 0. The fourth-order valence-corrected chi connectivity index (χ4v) is 1.13. The van der Waals surface area contributed by atoms with E-state index in [-0.39, 0.29) is 12.4 Å². The molecule has 0 amide bonds. The third kappa shape index (κ3) is 4.72. The summed E-state index contributed by atoms with van der Waals surface area (Å²) in [6, 6.07) is 0. The van der Waals surface area contributed by atoms with Crippen LogP contribution >= 0.6 is 28.1 Å². The third-order valence-electron chi connectivity index (χ3n) is 1.31. The molecule has 15 heavy (non-hydrogen) atoms. The van der Waals surface area contributed by atoms with Gasteiger partial charge in [0.25, 0.3) is 0 Å². The number of rotatable bonds is 3. The Kier molecular flexibility index (Phi) is 4.23. The molecule has 8 heteroatoms. The molecule has 0 unspecified atom stereocenters. The van der Waals surface area contributed by atoms with Crippen LogP contribution in [0.5, 0.6) is 0 Å². The van der Waals surface area contributed by atoms with E-state index in [0.717, 1.165) is 0 Å². The Bertz CT molecular complexity index is 393. The zero-order valence-electron chi connectivity index (χ0n) is 7.27. The molecule has 1 rings (SSSR count). The minimum Gasteiger partial charge on any atom is -0.364 e. The van der Waals surface area contributed by atoms with Crippen LogP contribution in [0.4, 0.5) is 13.2 Å². The van der Waals surface area contributed by atoms with Gasteiger partial charge < -0.3 is 9.72 Å². The first-order valence-corrected chi connectivity index (χ1v) is 4.97. The van der Waals surface area contributed by atoms with Crippen LogP contribution in [-0.2, 0) is 11.3 Å². The Hall–Kier alpha value is -0.470. The lowest BCUT2D eigenvalue weighted by atomic mass is 10.6. The number of nitrogens with zero attached hydrogens (tertiary/aromatic N) is 1. The van der Waals surface area contributed by atoms with Crippen LogP contribution in [0.25, 0.3) is 0 Å². The first kappa shape index (κ1) is 12.6. The maximum absolute atomic E-state index is 11.7. The minimum absolute atomic E-state index is 0.254. The lowest BCUT2D eigenvalue weighted by molar-refractivity contribution is -0.177. The Balaban J connectivity index is 2.52. The molecule has 0 aliphatic rings. The van der Waals surface area contributed by atoms with Crippen molar-refractivity contribution in [1.29, 1.82) is 0 Å². The van der Waals surface area contributed by atoms with Gasteiger partial charge in [-0.15, -0.1) is 0 Å². The molecule has 0 fully saturated rings. The average Bonchev–Trinajstić information content (AvgIpc) is 2.09. The lowest BCUT2D eigenvalue weighted by Crippen LogP contribution is -2.17. The number of aromatic nitrogens is 2. The molecule has 1 heterocycles. The van der Waals surface area contributed by atoms with Crippen molar-refractivity contribution in [2.45, 2.75) is 12.8 Å². The Labute approximate surface area is 96.8 Å². The smallest absolute Gasteiger partial charge is 0.364 e. The number of alkyl halides is 3. The van der Waals surface area contributed by atoms with Gasteiger partial charge >= 0.3 is 6.18 Å².